The molecule has 4 rings (SSSR count). The molecule has 2 aliphatic rings. The van der Waals surface area contributed by atoms with E-state index < -0.39 is 0 Å². The van der Waals surface area contributed by atoms with E-state index in [1.165, 1.54) is 22.3 Å². The summed E-state index contributed by atoms with van der Waals surface area (Å²) < 4.78 is 0. The molecular formula is C26H30O2Zr. The Kier molecular flexibility index (Phi) is 14.6. The summed E-state index contributed by atoms with van der Waals surface area (Å²) in [4.78, 5) is 0. The third-order valence-corrected chi connectivity index (χ3v) is 3.76. The van der Waals surface area contributed by atoms with Crippen LogP contribution in [0.4, 0.5) is 0 Å². The Labute approximate surface area is 195 Å². The molecule has 0 radical (unpaired) electrons. The SMILES string of the molecule is CC1=[C-]C(C)=CC1.CC1=[C-]C(C)=CC1.Oc1ccccc1.Oc1ccccc1.[Zr+2]. The van der Waals surface area contributed by atoms with E-state index in [-0.39, 0.29) is 26.2 Å². The molecule has 0 saturated carbocycles. The van der Waals surface area contributed by atoms with E-state index in [4.69, 9.17) is 10.2 Å². The van der Waals surface area contributed by atoms with Crippen molar-refractivity contribution in [2.75, 3.05) is 0 Å². The summed E-state index contributed by atoms with van der Waals surface area (Å²) in [6.45, 7) is 8.37. The van der Waals surface area contributed by atoms with Gasteiger partial charge < -0.3 is 10.2 Å². The van der Waals surface area contributed by atoms with E-state index in [0.29, 0.717) is 11.5 Å². The van der Waals surface area contributed by atoms with E-state index in [0.717, 1.165) is 12.8 Å². The van der Waals surface area contributed by atoms with Crippen molar-refractivity contribution in [1.82, 2.24) is 0 Å². The van der Waals surface area contributed by atoms with Gasteiger partial charge in [-0.25, -0.2) is 23.3 Å². The summed E-state index contributed by atoms with van der Waals surface area (Å²) >= 11 is 0. The number of phenols is 2. The zero-order valence-corrected chi connectivity index (χ0v) is 20.2. The van der Waals surface area contributed by atoms with Crippen molar-refractivity contribution in [2.45, 2.75) is 40.5 Å². The second kappa shape index (κ2) is 15.8. The summed E-state index contributed by atoms with van der Waals surface area (Å²) in [5, 5.41) is 17.3. The van der Waals surface area contributed by atoms with Gasteiger partial charge >= 0.3 is 26.2 Å². The predicted octanol–water partition coefficient (Wildman–Crippen LogP) is 6.95. The van der Waals surface area contributed by atoms with Crippen LogP contribution in [0.5, 0.6) is 11.5 Å². The van der Waals surface area contributed by atoms with Crippen molar-refractivity contribution in [3.63, 3.8) is 0 Å². The average molecular weight is 466 g/mol. The van der Waals surface area contributed by atoms with Crippen molar-refractivity contribution in [3.8, 4) is 11.5 Å². The van der Waals surface area contributed by atoms with Gasteiger partial charge in [0.25, 0.3) is 0 Å². The molecule has 2 aliphatic carbocycles. The van der Waals surface area contributed by atoms with E-state index in [1.807, 2.05) is 12.1 Å². The number of phenolic OH excluding ortho intramolecular Hbond substituents is 2. The van der Waals surface area contributed by atoms with Gasteiger partial charge in [0.2, 0.25) is 0 Å². The van der Waals surface area contributed by atoms with Crippen LogP contribution in [0.1, 0.15) is 40.5 Å². The van der Waals surface area contributed by atoms with Gasteiger partial charge in [-0.15, -0.1) is 0 Å². The Morgan fingerprint density at radius 2 is 0.897 bits per heavy atom. The molecule has 0 bridgehead atoms. The quantitative estimate of drug-likeness (QED) is 0.413. The number of hydrogen-bond acceptors (Lipinski definition) is 2. The largest absolute Gasteiger partial charge is 2.00 e. The number of rotatable bonds is 0. The van der Waals surface area contributed by atoms with Crippen LogP contribution in [0.25, 0.3) is 0 Å². The summed E-state index contributed by atoms with van der Waals surface area (Å²) in [6.07, 6.45) is 13.0. The molecule has 150 valence electrons. The van der Waals surface area contributed by atoms with Gasteiger partial charge in [-0.2, -0.15) is 11.1 Å². The molecule has 0 heterocycles. The van der Waals surface area contributed by atoms with E-state index >= 15 is 0 Å². The number of aromatic hydroxyl groups is 2. The van der Waals surface area contributed by atoms with Gasteiger partial charge in [-0.3, -0.25) is 12.2 Å². The summed E-state index contributed by atoms with van der Waals surface area (Å²) in [5.74, 6) is 0.644. The van der Waals surface area contributed by atoms with Gasteiger partial charge in [0.15, 0.2) is 0 Å². The molecular weight excluding hydrogens is 436 g/mol. The van der Waals surface area contributed by atoms with Gasteiger partial charge in [-0.05, 0) is 24.3 Å². The average Bonchev–Trinajstić information content (AvgIpc) is 3.24. The van der Waals surface area contributed by atoms with Crippen LogP contribution in [0.2, 0.25) is 0 Å². The normalized spacial score (nSPS) is 13.4. The minimum atomic E-state index is 0. The number of benzene rings is 2. The minimum Gasteiger partial charge on any atom is -0.508 e. The van der Waals surface area contributed by atoms with Crippen LogP contribution in [0, 0.1) is 12.2 Å². The minimum absolute atomic E-state index is 0. The fourth-order valence-electron chi connectivity index (χ4n) is 2.35. The van der Waals surface area contributed by atoms with Gasteiger partial charge in [0, 0.05) is 0 Å². The maximum atomic E-state index is 8.63. The molecule has 0 aliphatic heterocycles. The third-order valence-electron chi connectivity index (χ3n) is 3.76. The van der Waals surface area contributed by atoms with Crippen molar-refractivity contribution in [3.05, 3.63) is 107 Å². The smallest absolute Gasteiger partial charge is 0.508 e. The second-order valence-corrected chi connectivity index (χ2v) is 6.66. The standard InChI is InChI=1S/2C7H9.2C6H6O.Zr/c2*1-6-3-4-7(2)5-6;2*7-6-4-2-1-3-5-6;/h2*3H,4H2,1-2H3;2*1-5,7H;/q2*-1;;;+2. The number of allylic oxidation sites excluding steroid dienone is 8. The van der Waals surface area contributed by atoms with Crippen LogP contribution in [0.3, 0.4) is 0 Å². The maximum Gasteiger partial charge on any atom is 2.00 e. The summed E-state index contributed by atoms with van der Waals surface area (Å²) in [6, 6.07) is 17.4. The van der Waals surface area contributed by atoms with Crippen LogP contribution >= 0.6 is 0 Å². The first-order valence-corrected chi connectivity index (χ1v) is 9.37. The van der Waals surface area contributed by atoms with Crippen LogP contribution < -0.4 is 0 Å². The molecule has 0 unspecified atom stereocenters. The van der Waals surface area contributed by atoms with Crippen LogP contribution in [-0.4, -0.2) is 10.2 Å². The van der Waals surface area contributed by atoms with Crippen LogP contribution in [0.15, 0.2) is 95.1 Å². The van der Waals surface area contributed by atoms with Crippen LogP contribution in [-0.2, 0) is 26.2 Å². The Bertz CT molecular complexity index is 745. The number of para-hydroxylation sites is 2. The maximum absolute atomic E-state index is 8.63. The fourth-order valence-corrected chi connectivity index (χ4v) is 2.35. The Morgan fingerprint density at radius 3 is 1.00 bits per heavy atom. The summed E-state index contributed by atoms with van der Waals surface area (Å²) in [5.41, 5.74) is 5.30. The number of hydrogen-bond donors (Lipinski definition) is 2. The molecule has 0 spiro atoms. The second-order valence-electron chi connectivity index (χ2n) is 6.66. The Hall–Kier alpha value is -2.12. The Balaban J connectivity index is 0.000000356. The van der Waals surface area contributed by atoms with E-state index in [1.54, 1.807) is 48.5 Å². The first-order chi connectivity index (χ1) is 13.4. The zero-order valence-electron chi connectivity index (χ0n) is 17.7. The topological polar surface area (TPSA) is 40.5 Å². The van der Waals surface area contributed by atoms with E-state index in [9.17, 15) is 0 Å². The third kappa shape index (κ3) is 14.5. The molecule has 0 aromatic heterocycles. The monoisotopic (exact) mass is 464 g/mol. The molecule has 0 amide bonds. The molecule has 2 aromatic rings. The summed E-state index contributed by atoms with van der Waals surface area (Å²) in [7, 11) is 0. The fraction of sp³-hybridized carbons (Fsp3) is 0.231. The van der Waals surface area contributed by atoms with Crippen molar-refractivity contribution in [2.24, 2.45) is 0 Å². The Morgan fingerprint density at radius 1 is 0.586 bits per heavy atom. The molecule has 0 saturated heterocycles. The van der Waals surface area contributed by atoms with Crippen molar-refractivity contribution >= 4 is 0 Å². The molecule has 2 nitrogen and oxygen atoms in total. The van der Waals surface area contributed by atoms with Gasteiger partial charge in [0.05, 0.1) is 0 Å². The molecule has 0 atom stereocenters. The molecule has 2 aromatic carbocycles. The van der Waals surface area contributed by atoms with Gasteiger partial charge in [0.1, 0.15) is 11.5 Å². The van der Waals surface area contributed by atoms with Crippen molar-refractivity contribution in [1.29, 1.82) is 0 Å². The van der Waals surface area contributed by atoms with Crippen molar-refractivity contribution < 1.29 is 36.4 Å². The predicted molar refractivity (Wildman–Crippen MR) is 118 cm³/mol. The molecule has 29 heavy (non-hydrogen) atoms. The molecule has 2 N–H and O–H groups in total. The van der Waals surface area contributed by atoms with E-state index in [2.05, 4.69) is 52.0 Å². The molecule has 0 fully saturated rings. The van der Waals surface area contributed by atoms with Gasteiger partial charge in [-0.1, -0.05) is 76.9 Å². The first kappa shape index (κ1) is 26.9. The first-order valence-electron chi connectivity index (χ1n) is 9.37. The zero-order chi connectivity index (χ0) is 20.8. The molecule has 3 heteroatoms.